The van der Waals surface area contributed by atoms with Crippen molar-refractivity contribution in [3.8, 4) is 17.6 Å². The minimum Gasteiger partial charge on any atom is -0.493 e. The molecule has 1 aromatic carbocycles. The van der Waals surface area contributed by atoms with Crippen LogP contribution >= 0.6 is 15.9 Å². The Balaban J connectivity index is 3.42. The largest absolute Gasteiger partial charge is 0.493 e. The Bertz CT molecular complexity index is 424. The van der Waals surface area contributed by atoms with Crippen LogP contribution in [0, 0.1) is 11.3 Å². The summed E-state index contributed by atoms with van der Waals surface area (Å²) in [5, 5.41) is 8.78. The molecule has 0 atom stereocenters. The molecule has 0 aromatic heterocycles. The second-order valence-electron chi connectivity index (χ2n) is 3.25. The average molecular weight is 284 g/mol. The molecule has 1 aromatic rings. The van der Waals surface area contributed by atoms with E-state index in [0.29, 0.717) is 17.9 Å². The van der Waals surface area contributed by atoms with Crippen molar-refractivity contribution in [1.82, 2.24) is 0 Å². The quantitative estimate of drug-likeness (QED) is 0.853. The fourth-order valence-electron chi connectivity index (χ4n) is 1.66. The Morgan fingerprint density at radius 3 is 2.50 bits per heavy atom. The van der Waals surface area contributed by atoms with Crippen LogP contribution in [0.2, 0.25) is 0 Å². The average Bonchev–Trinajstić information content (AvgIpc) is 2.29. The van der Waals surface area contributed by atoms with Gasteiger partial charge in [0.1, 0.15) is 0 Å². The summed E-state index contributed by atoms with van der Waals surface area (Å²) in [5.41, 5.74) is 2.08. The Morgan fingerprint density at radius 1 is 1.38 bits per heavy atom. The number of nitriles is 1. The number of rotatable bonds is 4. The van der Waals surface area contributed by atoms with E-state index in [1.165, 1.54) is 0 Å². The number of hydrogen-bond acceptors (Lipinski definition) is 3. The minimum absolute atomic E-state index is 0.377. The van der Waals surface area contributed by atoms with E-state index in [9.17, 15) is 0 Å². The Labute approximate surface area is 104 Å². The van der Waals surface area contributed by atoms with Crippen LogP contribution in [0.25, 0.3) is 0 Å². The second kappa shape index (κ2) is 5.76. The summed E-state index contributed by atoms with van der Waals surface area (Å²) in [5.74, 6) is 1.33. The van der Waals surface area contributed by atoms with Crippen LogP contribution in [-0.4, -0.2) is 14.2 Å². The van der Waals surface area contributed by atoms with Crippen LogP contribution in [0.15, 0.2) is 10.5 Å². The van der Waals surface area contributed by atoms with Gasteiger partial charge in [-0.1, -0.05) is 6.92 Å². The van der Waals surface area contributed by atoms with Crippen molar-refractivity contribution in [1.29, 1.82) is 5.26 Å². The lowest BCUT2D eigenvalue weighted by molar-refractivity contribution is 0.352. The van der Waals surface area contributed by atoms with Gasteiger partial charge in [-0.25, -0.2) is 0 Å². The SMILES string of the molecule is CCc1c(CC#N)cc(OC)c(OC)c1Br. The molecule has 16 heavy (non-hydrogen) atoms. The van der Waals surface area contributed by atoms with Gasteiger partial charge in [-0.05, 0) is 39.5 Å². The summed E-state index contributed by atoms with van der Waals surface area (Å²) in [6, 6.07) is 4.02. The van der Waals surface area contributed by atoms with Crippen molar-refractivity contribution in [3.05, 3.63) is 21.7 Å². The van der Waals surface area contributed by atoms with Crippen molar-refractivity contribution < 1.29 is 9.47 Å². The van der Waals surface area contributed by atoms with Gasteiger partial charge in [-0.15, -0.1) is 0 Å². The first-order valence-corrected chi connectivity index (χ1v) is 5.78. The molecule has 0 spiro atoms. The van der Waals surface area contributed by atoms with E-state index in [0.717, 1.165) is 22.0 Å². The van der Waals surface area contributed by atoms with Crippen molar-refractivity contribution in [2.75, 3.05) is 14.2 Å². The zero-order valence-electron chi connectivity index (χ0n) is 9.63. The summed E-state index contributed by atoms with van der Waals surface area (Å²) in [6.07, 6.45) is 1.22. The van der Waals surface area contributed by atoms with Gasteiger partial charge in [0.25, 0.3) is 0 Å². The van der Waals surface area contributed by atoms with Crippen LogP contribution in [-0.2, 0) is 12.8 Å². The van der Waals surface area contributed by atoms with Crippen LogP contribution in [0.5, 0.6) is 11.5 Å². The second-order valence-corrected chi connectivity index (χ2v) is 4.05. The molecule has 0 heterocycles. The molecule has 0 saturated carbocycles. The third kappa shape index (κ3) is 2.30. The number of ether oxygens (including phenoxy) is 2. The standard InChI is InChI=1S/C12H14BrNO2/c1-4-9-8(5-6-14)7-10(15-2)12(16-3)11(9)13/h7H,4-5H2,1-3H3. The molecular weight excluding hydrogens is 270 g/mol. The smallest absolute Gasteiger partial charge is 0.175 e. The topological polar surface area (TPSA) is 42.2 Å². The molecule has 0 aliphatic rings. The number of hydrogen-bond donors (Lipinski definition) is 0. The van der Waals surface area contributed by atoms with Gasteiger partial charge in [-0.3, -0.25) is 0 Å². The molecule has 0 N–H and O–H groups in total. The van der Waals surface area contributed by atoms with Crippen molar-refractivity contribution in [2.45, 2.75) is 19.8 Å². The summed E-state index contributed by atoms with van der Waals surface area (Å²) in [4.78, 5) is 0. The maximum atomic E-state index is 8.78. The zero-order chi connectivity index (χ0) is 12.1. The van der Waals surface area contributed by atoms with E-state index in [2.05, 4.69) is 22.0 Å². The van der Waals surface area contributed by atoms with E-state index >= 15 is 0 Å². The van der Waals surface area contributed by atoms with E-state index in [1.807, 2.05) is 13.0 Å². The molecule has 0 unspecified atom stereocenters. The number of halogens is 1. The predicted molar refractivity (Wildman–Crippen MR) is 65.9 cm³/mol. The van der Waals surface area contributed by atoms with Crippen molar-refractivity contribution in [2.24, 2.45) is 0 Å². The highest BCUT2D eigenvalue weighted by Crippen LogP contribution is 2.40. The van der Waals surface area contributed by atoms with E-state index in [1.54, 1.807) is 14.2 Å². The molecule has 0 saturated heterocycles. The Kier molecular flexibility index (Phi) is 4.63. The van der Waals surface area contributed by atoms with E-state index < -0.39 is 0 Å². The minimum atomic E-state index is 0.377. The van der Waals surface area contributed by atoms with Gasteiger partial charge < -0.3 is 9.47 Å². The van der Waals surface area contributed by atoms with Gasteiger partial charge in [0.2, 0.25) is 0 Å². The van der Waals surface area contributed by atoms with Crippen LogP contribution in [0.3, 0.4) is 0 Å². The van der Waals surface area contributed by atoms with Crippen LogP contribution in [0.1, 0.15) is 18.1 Å². The first kappa shape index (κ1) is 12.9. The third-order valence-electron chi connectivity index (χ3n) is 2.43. The van der Waals surface area contributed by atoms with Gasteiger partial charge in [0.05, 0.1) is 31.2 Å². The molecule has 3 nitrogen and oxygen atoms in total. The summed E-state index contributed by atoms with van der Waals surface area (Å²) in [7, 11) is 3.19. The zero-order valence-corrected chi connectivity index (χ0v) is 11.2. The van der Waals surface area contributed by atoms with Crippen molar-refractivity contribution in [3.63, 3.8) is 0 Å². The number of nitrogens with zero attached hydrogens (tertiary/aromatic N) is 1. The van der Waals surface area contributed by atoms with E-state index in [-0.39, 0.29) is 0 Å². The van der Waals surface area contributed by atoms with Crippen molar-refractivity contribution >= 4 is 15.9 Å². The first-order valence-electron chi connectivity index (χ1n) is 4.98. The number of methoxy groups -OCH3 is 2. The summed E-state index contributed by atoms with van der Waals surface area (Å²) < 4.78 is 11.4. The van der Waals surface area contributed by atoms with E-state index in [4.69, 9.17) is 14.7 Å². The lowest BCUT2D eigenvalue weighted by atomic mass is 10.0. The molecule has 0 amide bonds. The van der Waals surface area contributed by atoms with Crippen LogP contribution in [0.4, 0.5) is 0 Å². The molecule has 1 rings (SSSR count). The Hall–Kier alpha value is -1.21. The highest BCUT2D eigenvalue weighted by atomic mass is 79.9. The fraction of sp³-hybridized carbons (Fsp3) is 0.417. The van der Waals surface area contributed by atoms with Gasteiger partial charge in [0, 0.05) is 0 Å². The van der Waals surface area contributed by atoms with Gasteiger partial charge >= 0.3 is 0 Å². The fourth-order valence-corrected chi connectivity index (χ4v) is 2.56. The summed E-state index contributed by atoms with van der Waals surface area (Å²) in [6.45, 7) is 2.05. The van der Waals surface area contributed by atoms with Gasteiger partial charge in [0.15, 0.2) is 11.5 Å². The molecule has 0 aliphatic carbocycles. The first-order chi connectivity index (χ1) is 7.69. The maximum Gasteiger partial charge on any atom is 0.175 e. The third-order valence-corrected chi connectivity index (χ3v) is 3.27. The van der Waals surface area contributed by atoms with Crippen LogP contribution < -0.4 is 9.47 Å². The molecule has 0 aliphatic heterocycles. The molecule has 0 radical (unpaired) electrons. The van der Waals surface area contributed by atoms with Gasteiger partial charge in [-0.2, -0.15) is 5.26 Å². The molecule has 0 bridgehead atoms. The maximum absolute atomic E-state index is 8.78. The Morgan fingerprint density at radius 2 is 2.06 bits per heavy atom. The predicted octanol–water partition coefficient (Wildman–Crippen LogP) is 3.09. The molecular formula is C12H14BrNO2. The normalized spacial score (nSPS) is 9.69. The monoisotopic (exact) mass is 283 g/mol. The lowest BCUT2D eigenvalue weighted by Gasteiger charge is -2.15. The molecule has 4 heteroatoms. The molecule has 0 fully saturated rings. The highest BCUT2D eigenvalue weighted by molar-refractivity contribution is 9.10. The highest BCUT2D eigenvalue weighted by Gasteiger charge is 2.16. The lowest BCUT2D eigenvalue weighted by Crippen LogP contribution is -1.99. The number of benzene rings is 1. The summed E-state index contributed by atoms with van der Waals surface area (Å²) >= 11 is 3.50. The molecule has 86 valence electrons.